The first-order valence-electron chi connectivity index (χ1n) is 8.12. The molecule has 2 rings (SSSR count). The Labute approximate surface area is 140 Å². The maximum absolute atomic E-state index is 12.6. The normalized spacial score (nSPS) is 22.0. The van der Waals surface area contributed by atoms with Crippen LogP contribution in [-0.4, -0.2) is 53.3 Å². The third-order valence-electron chi connectivity index (χ3n) is 4.67. The van der Waals surface area contributed by atoms with Gasteiger partial charge in [0.1, 0.15) is 0 Å². The highest BCUT2D eigenvalue weighted by atomic mass is 35.5. The van der Waals surface area contributed by atoms with E-state index in [0.717, 1.165) is 25.7 Å². The second kappa shape index (κ2) is 7.18. The van der Waals surface area contributed by atoms with Crippen molar-refractivity contribution in [2.75, 3.05) is 26.2 Å². The Morgan fingerprint density at radius 3 is 1.82 bits per heavy atom. The monoisotopic (exact) mass is 331 g/mol. The zero-order valence-corrected chi connectivity index (χ0v) is 14.9. The van der Waals surface area contributed by atoms with Crippen molar-refractivity contribution in [3.05, 3.63) is 0 Å². The predicted octanol–water partition coefficient (Wildman–Crippen LogP) is 1.79. The summed E-state index contributed by atoms with van der Waals surface area (Å²) in [7, 11) is 0. The number of halogens is 1. The van der Waals surface area contributed by atoms with Crippen LogP contribution in [0.1, 0.15) is 52.9 Å². The van der Waals surface area contributed by atoms with E-state index >= 15 is 0 Å². The van der Waals surface area contributed by atoms with Crippen molar-refractivity contribution < 1.29 is 9.59 Å². The van der Waals surface area contributed by atoms with Crippen LogP contribution in [0.4, 0.5) is 0 Å². The summed E-state index contributed by atoms with van der Waals surface area (Å²) in [6.45, 7) is 8.27. The van der Waals surface area contributed by atoms with Gasteiger partial charge in [0.25, 0.3) is 0 Å². The van der Waals surface area contributed by atoms with Crippen molar-refractivity contribution in [2.24, 2.45) is 11.1 Å². The molecule has 5 nitrogen and oxygen atoms in total. The average Bonchev–Trinajstić information content (AvgIpc) is 2.46. The second-order valence-electron chi connectivity index (χ2n) is 7.55. The molecule has 0 aromatic heterocycles. The average molecular weight is 332 g/mol. The van der Waals surface area contributed by atoms with Gasteiger partial charge < -0.3 is 15.5 Å². The summed E-state index contributed by atoms with van der Waals surface area (Å²) < 4.78 is 0. The Morgan fingerprint density at radius 2 is 1.36 bits per heavy atom. The molecule has 2 fully saturated rings. The first-order chi connectivity index (χ1) is 9.74. The second-order valence-corrected chi connectivity index (χ2v) is 7.55. The minimum atomic E-state index is -0.658. The lowest BCUT2D eigenvalue weighted by atomic mass is 9.81. The van der Waals surface area contributed by atoms with Gasteiger partial charge in [-0.1, -0.05) is 40.0 Å². The van der Waals surface area contributed by atoms with Crippen molar-refractivity contribution in [3.63, 3.8) is 0 Å². The predicted molar refractivity (Wildman–Crippen MR) is 89.9 cm³/mol. The SMILES string of the molecule is CC(C)(C)C(=O)N1CCN(C(=O)C2(N)CCCCC2)CC1.Cl. The van der Waals surface area contributed by atoms with E-state index in [1.54, 1.807) is 0 Å². The number of amides is 2. The summed E-state index contributed by atoms with van der Waals surface area (Å²) in [4.78, 5) is 28.6. The maximum Gasteiger partial charge on any atom is 0.242 e. The highest BCUT2D eigenvalue weighted by Crippen LogP contribution is 2.28. The lowest BCUT2D eigenvalue weighted by molar-refractivity contribution is -0.147. The van der Waals surface area contributed by atoms with Gasteiger partial charge in [-0.05, 0) is 12.8 Å². The largest absolute Gasteiger partial charge is 0.339 e. The fourth-order valence-corrected chi connectivity index (χ4v) is 3.30. The van der Waals surface area contributed by atoms with Crippen LogP contribution in [0.2, 0.25) is 0 Å². The molecule has 128 valence electrons. The van der Waals surface area contributed by atoms with Crippen LogP contribution in [-0.2, 0) is 9.59 Å². The van der Waals surface area contributed by atoms with Gasteiger partial charge in [-0.3, -0.25) is 9.59 Å². The van der Waals surface area contributed by atoms with E-state index < -0.39 is 5.54 Å². The van der Waals surface area contributed by atoms with Crippen molar-refractivity contribution in [1.82, 2.24) is 9.80 Å². The smallest absolute Gasteiger partial charge is 0.242 e. The quantitative estimate of drug-likeness (QED) is 0.796. The topological polar surface area (TPSA) is 66.6 Å². The van der Waals surface area contributed by atoms with Gasteiger partial charge in [-0.15, -0.1) is 12.4 Å². The molecule has 6 heteroatoms. The fraction of sp³-hybridized carbons (Fsp3) is 0.875. The first kappa shape index (κ1) is 19.2. The molecule has 0 aromatic rings. The molecule has 2 N–H and O–H groups in total. The standard InChI is InChI=1S/C16H29N3O2.ClH/c1-15(2,3)13(20)18-9-11-19(12-10-18)14(21)16(17)7-5-4-6-8-16;/h4-12,17H2,1-3H3;1H. The lowest BCUT2D eigenvalue weighted by Crippen LogP contribution is -2.61. The molecular formula is C16H30ClN3O2. The van der Waals surface area contributed by atoms with Crippen LogP contribution in [0.3, 0.4) is 0 Å². The van der Waals surface area contributed by atoms with Crippen molar-refractivity contribution in [2.45, 2.75) is 58.4 Å². The van der Waals surface area contributed by atoms with E-state index in [1.165, 1.54) is 6.42 Å². The Balaban J connectivity index is 0.00000242. The van der Waals surface area contributed by atoms with Crippen LogP contribution in [0, 0.1) is 5.41 Å². The number of rotatable bonds is 1. The van der Waals surface area contributed by atoms with E-state index in [1.807, 2.05) is 30.6 Å². The van der Waals surface area contributed by atoms with Crippen LogP contribution in [0.15, 0.2) is 0 Å². The molecule has 1 saturated heterocycles. The zero-order chi connectivity index (χ0) is 15.7. The van der Waals surface area contributed by atoms with Gasteiger partial charge in [0, 0.05) is 31.6 Å². The van der Waals surface area contributed by atoms with E-state index in [9.17, 15) is 9.59 Å². The zero-order valence-electron chi connectivity index (χ0n) is 14.1. The van der Waals surface area contributed by atoms with Gasteiger partial charge in [-0.25, -0.2) is 0 Å². The molecule has 1 heterocycles. The molecule has 2 amide bonds. The summed E-state index contributed by atoms with van der Waals surface area (Å²) in [6, 6.07) is 0. The number of piperazine rings is 1. The van der Waals surface area contributed by atoms with Crippen LogP contribution in [0.25, 0.3) is 0 Å². The van der Waals surface area contributed by atoms with Gasteiger partial charge in [0.05, 0.1) is 5.54 Å². The number of carbonyl (C=O) groups excluding carboxylic acids is 2. The van der Waals surface area contributed by atoms with E-state index in [4.69, 9.17) is 5.73 Å². The molecule has 22 heavy (non-hydrogen) atoms. The van der Waals surface area contributed by atoms with E-state index in [0.29, 0.717) is 26.2 Å². The molecule has 0 radical (unpaired) electrons. The Morgan fingerprint density at radius 1 is 0.909 bits per heavy atom. The lowest BCUT2D eigenvalue weighted by Gasteiger charge is -2.42. The number of hydrogen-bond donors (Lipinski definition) is 1. The molecule has 0 unspecified atom stereocenters. The van der Waals surface area contributed by atoms with Crippen LogP contribution < -0.4 is 5.73 Å². The van der Waals surface area contributed by atoms with Crippen molar-refractivity contribution in [3.8, 4) is 0 Å². The summed E-state index contributed by atoms with van der Waals surface area (Å²) in [6.07, 6.45) is 4.87. The molecule has 1 aliphatic carbocycles. The molecule has 0 aromatic carbocycles. The highest BCUT2D eigenvalue weighted by molar-refractivity contribution is 5.87. The Bertz CT molecular complexity index is 406. The van der Waals surface area contributed by atoms with Gasteiger partial charge in [-0.2, -0.15) is 0 Å². The molecule has 1 aliphatic heterocycles. The van der Waals surface area contributed by atoms with Crippen molar-refractivity contribution >= 4 is 24.2 Å². The molecule has 0 bridgehead atoms. The van der Waals surface area contributed by atoms with Crippen LogP contribution >= 0.6 is 12.4 Å². The highest BCUT2D eigenvalue weighted by Gasteiger charge is 2.40. The molecule has 0 spiro atoms. The number of hydrogen-bond acceptors (Lipinski definition) is 3. The minimum Gasteiger partial charge on any atom is -0.339 e. The van der Waals surface area contributed by atoms with Crippen LogP contribution in [0.5, 0.6) is 0 Å². The fourth-order valence-electron chi connectivity index (χ4n) is 3.30. The number of nitrogens with zero attached hydrogens (tertiary/aromatic N) is 2. The molecule has 0 atom stereocenters. The number of carbonyl (C=O) groups is 2. The summed E-state index contributed by atoms with van der Waals surface area (Å²) in [5, 5.41) is 0. The molecule has 2 aliphatic rings. The maximum atomic E-state index is 12.6. The minimum absolute atomic E-state index is 0. The van der Waals surface area contributed by atoms with Gasteiger partial charge >= 0.3 is 0 Å². The van der Waals surface area contributed by atoms with Crippen molar-refractivity contribution in [1.29, 1.82) is 0 Å². The summed E-state index contributed by atoms with van der Waals surface area (Å²) in [5.41, 5.74) is 5.31. The molecular weight excluding hydrogens is 302 g/mol. The third-order valence-corrected chi connectivity index (χ3v) is 4.67. The Kier molecular flexibility index (Phi) is 6.27. The van der Waals surface area contributed by atoms with E-state index in [-0.39, 0.29) is 29.6 Å². The molecule has 1 saturated carbocycles. The van der Waals surface area contributed by atoms with Gasteiger partial charge in [0.15, 0.2) is 0 Å². The first-order valence-corrected chi connectivity index (χ1v) is 8.12. The van der Waals surface area contributed by atoms with Gasteiger partial charge in [0.2, 0.25) is 11.8 Å². The number of nitrogens with two attached hydrogens (primary N) is 1. The Hall–Kier alpha value is -0.810. The third kappa shape index (κ3) is 4.13. The summed E-state index contributed by atoms with van der Waals surface area (Å²) in [5.74, 6) is 0.250. The summed E-state index contributed by atoms with van der Waals surface area (Å²) >= 11 is 0. The van der Waals surface area contributed by atoms with E-state index in [2.05, 4.69) is 0 Å².